The molecule has 0 spiro atoms. The van der Waals surface area contributed by atoms with Gasteiger partial charge in [0.2, 0.25) is 0 Å². The molecule has 0 aliphatic carbocycles. The average Bonchev–Trinajstić information content (AvgIpc) is 2.82. The predicted octanol–water partition coefficient (Wildman–Crippen LogP) is 2.14. The van der Waals surface area contributed by atoms with E-state index in [-0.39, 0.29) is 0 Å². The van der Waals surface area contributed by atoms with E-state index in [1.54, 1.807) is 6.07 Å². The van der Waals surface area contributed by atoms with Crippen molar-refractivity contribution in [2.24, 2.45) is 0 Å². The monoisotopic (exact) mass is 255 g/mol. The van der Waals surface area contributed by atoms with Crippen molar-refractivity contribution in [1.82, 2.24) is 5.32 Å². The second-order valence-corrected chi connectivity index (χ2v) is 4.74. The van der Waals surface area contributed by atoms with Gasteiger partial charge in [0.1, 0.15) is 0 Å². The molecule has 0 saturated carbocycles. The Hall–Kier alpha value is -0.610. The van der Waals surface area contributed by atoms with Crippen molar-refractivity contribution in [3.8, 4) is 0 Å². The van der Waals surface area contributed by atoms with E-state index in [0.717, 1.165) is 31.6 Å². The van der Waals surface area contributed by atoms with Crippen LogP contribution in [0.4, 0.5) is 0 Å². The molecule has 3 nitrogen and oxygen atoms in total. The zero-order valence-electron chi connectivity index (χ0n) is 9.73. The third-order valence-electron chi connectivity index (χ3n) is 3.00. The van der Waals surface area contributed by atoms with Crippen LogP contribution in [0.3, 0.4) is 0 Å². The molecule has 2 rings (SSSR count). The number of aliphatic hydroxyl groups is 1. The fourth-order valence-corrected chi connectivity index (χ4v) is 2.30. The summed E-state index contributed by atoms with van der Waals surface area (Å²) in [5, 5.41) is 13.8. The van der Waals surface area contributed by atoms with Crippen molar-refractivity contribution in [3.63, 3.8) is 0 Å². The molecular weight excluding hydrogens is 238 g/mol. The topological polar surface area (TPSA) is 41.5 Å². The Balaban J connectivity index is 1.77. The normalized spacial score (nSPS) is 21.6. The van der Waals surface area contributed by atoms with E-state index in [0.29, 0.717) is 17.7 Å². The summed E-state index contributed by atoms with van der Waals surface area (Å²) in [6.07, 6.45) is 1.98. The molecule has 1 heterocycles. The molecule has 2 N–H and O–H groups in total. The Morgan fingerprint density at radius 1 is 1.47 bits per heavy atom. The molecule has 0 aromatic heterocycles. The minimum Gasteiger partial charge on any atom is -0.387 e. The second-order valence-electron chi connectivity index (χ2n) is 4.33. The lowest BCUT2D eigenvalue weighted by Crippen LogP contribution is -2.30. The third-order valence-corrected chi connectivity index (χ3v) is 3.34. The van der Waals surface area contributed by atoms with Crippen molar-refractivity contribution in [1.29, 1.82) is 0 Å². The number of ether oxygens (including phenoxy) is 1. The van der Waals surface area contributed by atoms with E-state index in [9.17, 15) is 5.11 Å². The number of aliphatic hydroxyl groups excluding tert-OH is 1. The summed E-state index contributed by atoms with van der Waals surface area (Å²) in [6, 6.07) is 7.38. The average molecular weight is 256 g/mol. The molecular formula is C13H18ClNO2. The van der Waals surface area contributed by atoms with E-state index < -0.39 is 6.10 Å². The molecule has 1 aromatic rings. The van der Waals surface area contributed by atoms with Crippen LogP contribution in [0.2, 0.25) is 5.02 Å². The van der Waals surface area contributed by atoms with Crippen LogP contribution in [0.5, 0.6) is 0 Å². The highest BCUT2D eigenvalue weighted by molar-refractivity contribution is 6.31. The van der Waals surface area contributed by atoms with Crippen LogP contribution in [0.1, 0.15) is 24.5 Å². The zero-order chi connectivity index (χ0) is 12.1. The maximum absolute atomic E-state index is 9.99. The first-order chi connectivity index (χ1) is 8.27. The molecule has 94 valence electrons. The summed E-state index contributed by atoms with van der Waals surface area (Å²) in [5.41, 5.74) is 0.772. The van der Waals surface area contributed by atoms with E-state index in [1.807, 2.05) is 18.2 Å². The van der Waals surface area contributed by atoms with Gasteiger partial charge in [-0.15, -0.1) is 0 Å². The molecule has 1 fully saturated rings. The molecule has 2 atom stereocenters. The number of rotatable bonds is 5. The minimum absolute atomic E-state index is 0.299. The first-order valence-corrected chi connectivity index (χ1v) is 6.40. The van der Waals surface area contributed by atoms with Crippen LogP contribution >= 0.6 is 11.6 Å². The SMILES string of the molecule is OC(CNCC1CCCO1)c1ccccc1Cl. The fourth-order valence-electron chi connectivity index (χ4n) is 2.04. The lowest BCUT2D eigenvalue weighted by atomic mass is 10.1. The van der Waals surface area contributed by atoms with Gasteiger partial charge in [0.15, 0.2) is 0 Å². The Bertz CT molecular complexity index is 353. The van der Waals surface area contributed by atoms with Crippen molar-refractivity contribution in [2.45, 2.75) is 25.0 Å². The van der Waals surface area contributed by atoms with E-state index in [2.05, 4.69) is 5.32 Å². The lowest BCUT2D eigenvalue weighted by Gasteiger charge is -2.15. The van der Waals surface area contributed by atoms with Crippen molar-refractivity contribution in [3.05, 3.63) is 34.9 Å². The smallest absolute Gasteiger partial charge is 0.0928 e. The highest BCUT2D eigenvalue weighted by Crippen LogP contribution is 2.21. The summed E-state index contributed by atoms with van der Waals surface area (Å²) in [7, 11) is 0. The standard InChI is InChI=1S/C13H18ClNO2/c14-12-6-2-1-5-11(12)13(16)9-15-8-10-4-3-7-17-10/h1-2,5-6,10,13,15-16H,3-4,7-9H2. The van der Waals surface area contributed by atoms with Crippen LogP contribution in [0, 0.1) is 0 Å². The first kappa shape index (κ1) is 12.8. The summed E-state index contributed by atoms with van der Waals surface area (Å²) < 4.78 is 5.49. The van der Waals surface area contributed by atoms with Gasteiger partial charge in [0.05, 0.1) is 12.2 Å². The summed E-state index contributed by atoms with van der Waals surface area (Å²) >= 11 is 6.01. The molecule has 0 radical (unpaired) electrons. The van der Waals surface area contributed by atoms with Crippen LogP contribution < -0.4 is 5.32 Å². The molecule has 1 saturated heterocycles. The van der Waals surface area contributed by atoms with Gasteiger partial charge in [-0.05, 0) is 18.9 Å². The van der Waals surface area contributed by atoms with Gasteiger partial charge in [-0.2, -0.15) is 0 Å². The van der Waals surface area contributed by atoms with Gasteiger partial charge >= 0.3 is 0 Å². The van der Waals surface area contributed by atoms with Crippen LogP contribution in [-0.2, 0) is 4.74 Å². The van der Waals surface area contributed by atoms with E-state index in [1.165, 1.54) is 0 Å². The molecule has 1 aromatic carbocycles. The maximum Gasteiger partial charge on any atom is 0.0928 e. The highest BCUT2D eigenvalue weighted by Gasteiger charge is 2.16. The van der Waals surface area contributed by atoms with Gasteiger partial charge < -0.3 is 15.2 Å². The summed E-state index contributed by atoms with van der Waals surface area (Å²) in [5.74, 6) is 0. The van der Waals surface area contributed by atoms with Gasteiger partial charge in [0, 0.05) is 30.3 Å². The minimum atomic E-state index is -0.565. The Kier molecular flexibility index (Phi) is 4.80. The molecule has 0 bridgehead atoms. The van der Waals surface area contributed by atoms with E-state index >= 15 is 0 Å². The molecule has 1 aliphatic rings. The number of nitrogens with one attached hydrogen (secondary N) is 1. The lowest BCUT2D eigenvalue weighted by molar-refractivity contribution is 0.103. The molecule has 0 amide bonds. The number of hydrogen-bond acceptors (Lipinski definition) is 3. The van der Waals surface area contributed by atoms with E-state index in [4.69, 9.17) is 16.3 Å². The van der Waals surface area contributed by atoms with Crippen LogP contribution in [0.25, 0.3) is 0 Å². The number of hydrogen-bond donors (Lipinski definition) is 2. The number of benzene rings is 1. The highest BCUT2D eigenvalue weighted by atomic mass is 35.5. The van der Waals surface area contributed by atoms with Crippen molar-refractivity contribution in [2.75, 3.05) is 19.7 Å². The van der Waals surface area contributed by atoms with Gasteiger partial charge in [0.25, 0.3) is 0 Å². The van der Waals surface area contributed by atoms with Gasteiger partial charge in [-0.25, -0.2) is 0 Å². The van der Waals surface area contributed by atoms with Gasteiger partial charge in [-0.3, -0.25) is 0 Å². The predicted molar refractivity (Wildman–Crippen MR) is 68.3 cm³/mol. The Morgan fingerprint density at radius 3 is 3.00 bits per heavy atom. The first-order valence-electron chi connectivity index (χ1n) is 6.02. The third kappa shape index (κ3) is 3.68. The summed E-state index contributed by atoms with van der Waals surface area (Å²) in [4.78, 5) is 0. The summed E-state index contributed by atoms with van der Waals surface area (Å²) in [6.45, 7) is 2.16. The quantitative estimate of drug-likeness (QED) is 0.847. The molecule has 4 heteroatoms. The molecule has 2 unspecified atom stereocenters. The van der Waals surface area contributed by atoms with Crippen molar-refractivity contribution >= 4 is 11.6 Å². The maximum atomic E-state index is 9.99. The zero-order valence-corrected chi connectivity index (χ0v) is 10.5. The Morgan fingerprint density at radius 2 is 2.29 bits per heavy atom. The number of halogens is 1. The Labute approximate surface area is 107 Å². The largest absolute Gasteiger partial charge is 0.387 e. The molecule has 17 heavy (non-hydrogen) atoms. The molecule has 1 aliphatic heterocycles. The van der Waals surface area contributed by atoms with Crippen LogP contribution in [0.15, 0.2) is 24.3 Å². The van der Waals surface area contributed by atoms with Gasteiger partial charge in [-0.1, -0.05) is 29.8 Å². The van der Waals surface area contributed by atoms with Crippen LogP contribution in [-0.4, -0.2) is 30.9 Å². The van der Waals surface area contributed by atoms with Crippen molar-refractivity contribution < 1.29 is 9.84 Å². The fraction of sp³-hybridized carbons (Fsp3) is 0.538. The second kappa shape index (κ2) is 6.36.